The Hall–Kier alpha value is -2.87. The highest BCUT2D eigenvalue weighted by molar-refractivity contribution is 7.80. The summed E-state index contributed by atoms with van der Waals surface area (Å²) in [6.07, 6.45) is 1.87. The molecule has 2 aromatic heterocycles. The van der Waals surface area contributed by atoms with E-state index in [0.29, 0.717) is 34.1 Å². The smallest absolute Gasteiger partial charge is 0.176 e. The SMILES string of the molecule is Cc1nn(Cc2ccccc2)c(C)c1NC(=S)Nc1ccn(Cc2ccc(Cl)cc2Cl)n1. The van der Waals surface area contributed by atoms with E-state index in [1.165, 1.54) is 5.56 Å². The van der Waals surface area contributed by atoms with Gasteiger partial charge < -0.3 is 10.6 Å². The molecule has 2 N–H and O–H groups in total. The first kappa shape index (κ1) is 22.3. The molecule has 4 aromatic rings. The van der Waals surface area contributed by atoms with Gasteiger partial charge in [-0.1, -0.05) is 59.6 Å². The minimum atomic E-state index is 0.449. The van der Waals surface area contributed by atoms with Crippen molar-refractivity contribution in [1.82, 2.24) is 19.6 Å². The van der Waals surface area contributed by atoms with Crippen molar-refractivity contribution in [3.8, 4) is 0 Å². The number of hydrogen-bond donors (Lipinski definition) is 2. The molecule has 0 radical (unpaired) electrons. The maximum Gasteiger partial charge on any atom is 0.176 e. The zero-order valence-corrected chi connectivity index (χ0v) is 20.0. The van der Waals surface area contributed by atoms with Crippen molar-refractivity contribution in [3.63, 3.8) is 0 Å². The average Bonchev–Trinajstić information content (AvgIpc) is 3.30. The second-order valence-electron chi connectivity index (χ2n) is 7.40. The first-order valence-electron chi connectivity index (χ1n) is 10.0. The molecule has 0 aliphatic heterocycles. The Morgan fingerprint density at radius 1 is 0.969 bits per heavy atom. The normalized spacial score (nSPS) is 10.9. The summed E-state index contributed by atoms with van der Waals surface area (Å²) in [6, 6.07) is 17.5. The molecule has 0 saturated carbocycles. The van der Waals surface area contributed by atoms with Crippen LogP contribution in [-0.4, -0.2) is 24.7 Å². The number of aryl methyl sites for hydroxylation is 1. The van der Waals surface area contributed by atoms with Gasteiger partial charge in [0.05, 0.1) is 30.2 Å². The Morgan fingerprint density at radius 3 is 2.50 bits per heavy atom. The van der Waals surface area contributed by atoms with Crippen LogP contribution in [0.15, 0.2) is 60.8 Å². The number of nitrogens with zero attached hydrogens (tertiary/aromatic N) is 4. The van der Waals surface area contributed by atoms with Crippen molar-refractivity contribution >= 4 is 52.0 Å². The number of nitrogens with one attached hydrogen (secondary N) is 2. The van der Waals surface area contributed by atoms with Gasteiger partial charge in [-0.3, -0.25) is 9.36 Å². The molecule has 32 heavy (non-hydrogen) atoms. The number of aromatic nitrogens is 4. The number of rotatable bonds is 6. The van der Waals surface area contributed by atoms with E-state index in [1.807, 2.05) is 61.1 Å². The van der Waals surface area contributed by atoms with Crippen LogP contribution in [0, 0.1) is 13.8 Å². The Morgan fingerprint density at radius 2 is 1.75 bits per heavy atom. The Bertz CT molecular complexity index is 1250. The number of benzene rings is 2. The van der Waals surface area contributed by atoms with Gasteiger partial charge in [0, 0.05) is 22.3 Å². The van der Waals surface area contributed by atoms with Crippen LogP contribution in [-0.2, 0) is 13.1 Å². The van der Waals surface area contributed by atoms with Crippen LogP contribution in [0.5, 0.6) is 0 Å². The first-order chi connectivity index (χ1) is 15.4. The first-order valence-corrected chi connectivity index (χ1v) is 11.2. The minimum absolute atomic E-state index is 0.449. The molecule has 0 aliphatic carbocycles. The van der Waals surface area contributed by atoms with Gasteiger partial charge in [0.25, 0.3) is 0 Å². The highest BCUT2D eigenvalue weighted by Crippen LogP contribution is 2.23. The van der Waals surface area contributed by atoms with E-state index >= 15 is 0 Å². The van der Waals surface area contributed by atoms with Gasteiger partial charge in [-0.25, -0.2) is 0 Å². The molecule has 6 nitrogen and oxygen atoms in total. The third-order valence-electron chi connectivity index (χ3n) is 5.02. The molecule has 164 valence electrons. The predicted octanol–water partition coefficient (Wildman–Crippen LogP) is 5.91. The van der Waals surface area contributed by atoms with Crippen molar-refractivity contribution in [3.05, 3.63) is 93.4 Å². The van der Waals surface area contributed by atoms with E-state index in [-0.39, 0.29) is 0 Å². The van der Waals surface area contributed by atoms with E-state index in [9.17, 15) is 0 Å². The second-order valence-corrected chi connectivity index (χ2v) is 8.65. The molecule has 0 saturated heterocycles. The lowest BCUT2D eigenvalue weighted by Gasteiger charge is -2.10. The summed E-state index contributed by atoms with van der Waals surface area (Å²) in [5.74, 6) is 0.638. The highest BCUT2D eigenvalue weighted by Gasteiger charge is 2.14. The molecule has 0 spiro atoms. The van der Waals surface area contributed by atoms with E-state index in [0.717, 1.165) is 22.6 Å². The van der Waals surface area contributed by atoms with Crippen LogP contribution in [0.25, 0.3) is 0 Å². The molecule has 0 amide bonds. The zero-order valence-electron chi connectivity index (χ0n) is 17.6. The Kier molecular flexibility index (Phi) is 6.79. The number of halogens is 2. The van der Waals surface area contributed by atoms with Crippen LogP contribution >= 0.6 is 35.4 Å². The van der Waals surface area contributed by atoms with Gasteiger partial charge in [-0.05, 0) is 49.3 Å². The average molecular weight is 485 g/mol. The van der Waals surface area contributed by atoms with Crippen molar-refractivity contribution in [2.45, 2.75) is 26.9 Å². The molecule has 0 unspecified atom stereocenters. The van der Waals surface area contributed by atoms with Crippen molar-refractivity contribution in [2.24, 2.45) is 0 Å². The molecule has 0 atom stereocenters. The van der Waals surface area contributed by atoms with Crippen molar-refractivity contribution in [1.29, 1.82) is 0 Å². The number of thiocarbonyl (C=S) groups is 1. The third kappa shape index (κ3) is 5.30. The van der Waals surface area contributed by atoms with E-state index in [4.69, 9.17) is 35.4 Å². The van der Waals surface area contributed by atoms with E-state index < -0.39 is 0 Å². The molecule has 4 rings (SSSR count). The van der Waals surface area contributed by atoms with Gasteiger partial charge in [-0.2, -0.15) is 10.2 Å². The summed E-state index contributed by atoms with van der Waals surface area (Å²) >= 11 is 17.7. The van der Waals surface area contributed by atoms with Gasteiger partial charge >= 0.3 is 0 Å². The number of anilines is 2. The van der Waals surface area contributed by atoms with Crippen molar-refractivity contribution in [2.75, 3.05) is 10.6 Å². The maximum absolute atomic E-state index is 6.26. The maximum atomic E-state index is 6.26. The largest absolute Gasteiger partial charge is 0.329 e. The monoisotopic (exact) mass is 484 g/mol. The lowest BCUT2D eigenvalue weighted by Crippen LogP contribution is -2.20. The molecule has 0 aliphatic rings. The summed E-state index contributed by atoms with van der Waals surface area (Å²) in [6.45, 7) is 5.22. The molecular weight excluding hydrogens is 463 g/mol. The van der Waals surface area contributed by atoms with Crippen molar-refractivity contribution < 1.29 is 0 Å². The van der Waals surface area contributed by atoms with Gasteiger partial charge in [-0.15, -0.1) is 0 Å². The van der Waals surface area contributed by atoms with Crippen LogP contribution < -0.4 is 10.6 Å². The topological polar surface area (TPSA) is 59.7 Å². The minimum Gasteiger partial charge on any atom is -0.329 e. The fourth-order valence-electron chi connectivity index (χ4n) is 3.39. The fourth-order valence-corrected chi connectivity index (χ4v) is 4.06. The van der Waals surface area contributed by atoms with E-state index in [2.05, 4.69) is 33.0 Å². The summed E-state index contributed by atoms with van der Waals surface area (Å²) in [5, 5.41) is 17.2. The molecule has 2 aromatic carbocycles. The summed E-state index contributed by atoms with van der Waals surface area (Å²) in [7, 11) is 0. The molecular formula is C23H22Cl2N6S. The third-order valence-corrected chi connectivity index (χ3v) is 5.82. The van der Waals surface area contributed by atoms with Crippen LogP contribution in [0.3, 0.4) is 0 Å². The van der Waals surface area contributed by atoms with Crippen LogP contribution in [0.2, 0.25) is 10.0 Å². The summed E-state index contributed by atoms with van der Waals surface area (Å²) in [4.78, 5) is 0. The summed E-state index contributed by atoms with van der Waals surface area (Å²) in [5.41, 5.74) is 4.91. The quantitative estimate of drug-likeness (QED) is 0.333. The van der Waals surface area contributed by atoms with E-state index in [1.54, 1.807) is 10.7 Å². The standard InChI is InChI=1S/C23H22Cl2N6S/c1-15-22(16(2)31(28-15)13-17-6-4-3-5-7-17)27-23(32)26-21-10-11-30(29-21)14-18-8-9-19(24)12-20(18)25/h3-12H,13-14H2,1-2H3,(H2,26,27,29,32). The Balaban J connectivity index is 1.40. The fraction of sp³-hybridized carbons (Fsp3) is 0.174. The van der Waals surface area contributed by atoms with Crippen LogP contribution in [0.4, 0.5) is 11.5 Å². The second kappa shape index (κ2) is 9.73. The Labute approximate surface area is 202 Å². The lowest BCUT2D eigenvalue weighted by atomic mass is 10.2. The van der Waals surface area contributed by atoms with Gasteiger partial charge in [0.1, 0.15) is 0 Å². The lowest BCUT2D eigenvalue weighted by molar-refractivity contribution is 0.659. The molecule has 2 heterocycles. The summed E-state index contributed by atoms with van der Waals surface area (Å²) < 4.78 is 3.76. The predicted molar refractivity (Wildman–Crippen MR) is 135 cm³/mol. The zero-order chi connectivity index (χ0) is 22.7. The molecule has 0 bridgehead atoms. The van der Waals surface area contributed by atoms with Gasteiger partial charge in [0.15, 0.2) is 10.9 Å². The molecule has 9 heteroatoms. The highest BCUT2D eigenvalue weighted by atomic mass is 35.5. The number of hydrogen-bond acceptors (Lipinski definition) is 3. The van der Waals surface area contributed by atoms with Crippen LogP contribution in [0.1, 0.15) is 22.5 Å². The van der Waals surface area contributed by atoms with Gasteiger partial charge in [0.2, 0.25) is 0 Å². The molecule has 0 fully saturated rings.